The molecule has 0 aliphatic heterocycles. The Labute approximate surface area is 107 Å². The topological polar surface area (TPSA) is 66.8 Å². The summed E-state index contributed by atoms with van der Waals surface area (Å²) in [5.74, 6) is -0.718. The molecule has 0 heterocycles. The van der Waals surface area contributed by atoms with E-state index in [4.69, 9.17) is 9.84 Å². The van der Waals surface area contributed by atoms with E-state index in [-0.39, 0.29) is 6.42 Å². The molecular formula is C14H20O4. The molecule has 18 heavy (non-hydrogen) atoms. The van der Waals surface area contributed by atoms with Gasteiger partial charge < -0.3 is 14.9 Å². The first kappa shape index (κ1) is 14.5. The number of carboxylic acids is 1. The predicted octanol–water partition coefficient (Wildman–Crippen LogP) is 2.10. The minimum absolute atomic E-state index is 0.281. The molecule has 2 N–H and O–H groups in total. The summed E-state index contributed by atoms with van der Waals surface area (Å²) in [7, 11) is 1.58. The van der Waals surface area contributed by atoms with Gasteiger partial charge in [0, 0.05) is 0 Å². The molecule has 0 fully saturated rings. The van der Waals surface area contributed by atoms with Crippen molar-refractivity contribution in [3.05, 3.63) is 29.8 Å². The molecule has 1 rings (SSSR count). The molecule has 100 valence electrons. The summed E-state index contributed by atoms with van der Waals surface area (Å²) in [5.41, 5.74) is 0.907. The summed E-state index contributed by atoms with van der Waals surface area (Å²) in [6.07, 6.45) is 0.700. The van der Waals surface area contributed by atoms with Crippen LogP contribution in [0.1, 0.15) is 25.3 Å². The second-order valence-electron chi connectivity index (χ2n) is 4.39. The lowest BCUT2D eigenvalue weighted by Gasteiger charge is -2.16. The largest absolute Gasteiger partial charge is 0.497 e. The fourth-order valence-corrected chi connectivity index (χ4v) is 1.85. The van der Waals surface area contributed by atoms with Crippen LogP contribution in [-0.2, 0) is 11.2 Å². The molecule has 0 radical (unpaired) electrons. The fourth-order valence-electron chi connectivity index (χ4n) is 1.85. The summed E-state index contributed by atoms with van der Waals surface area (Å²) in [6.45, 7) is 1.84. The number of hydrogen-bond acceptors (Lipinski definition) is 3. The zero-order valence-corrected chi connectivity index (χ0v) is 10.8. The van der Waals surface area contributed by atoms with Crippen LogP contribution in [0.4, 0.5) is 0 Å². The van der Waals surface area contributed by atoms with E-state index in [1.165, 1.54) is 0 Å². The van der Waals surface area contributed by atoms with Gasteiger partial charge in [-0.3, -0.25) is 4.79 Å². The van der Waals surface area contributed by atoms with E-state index in [9.17, 15) is 9.90 Å². The third-order valence-corrected chi connectivity index (χ3v) is 2.99. The summed E-state index contributed by atoms with van der Waals surface area (Å²) in [5, 5.41) is 18.7. The first-order valence-electron chi connectivity index (χ1n) is 6.10. The van der Waals surface area contributed by atoms with Crippen LogP contribution in [0.5, 0.6) is 5.75 Å². The van der Waals surface area contributed by atoms with Crippen molar-refractivity contribution in [2.24, 2.45) is 5.92 Å². The number of aliphatic hydroxyl groups excluding tert-OH is 1. The summed E-state index contributed by atoms with van der Waals surface area (Å²) in [6, 6.07) is 7.36. The predicted molar refractivity (Wildman–Crippen MR) is 68.7 cm³/mol. The molecule has 0 aliphatic carbocycles. The third-order valence-electron chi connectivity index (χ3n) is 2.99. The number of benzene rings is 1. The number of aliphatic hydroxyl groups is 1. The second-order valence-corrected chi connectivity index (χ2v) is 4.39. The highest BCUT2D eigenvalue weighted by atomic mass is 16.5. The Morgan fingerprint density at radius 1 is 1.44 bits per heavy atom. The Hall–Kier alpha value is -1.55. The quantitative estimate of drug-likeness (QED) is 0.780. The number of hydrogen-bond donors (Lipinski definition) is 2. The van der Waals surface area contributed by atoms with E-state index in [0.717, 1.165) is 5.56 Å². The lowest BCUT2D eigenvalue weighted by atomic mass is 9.93. The Balaban J connectivity index is 2.73. The van der Waals surface area contributed by atoms with E-state index in [2.05, 4.69) is 0 Å². The summed E-state index contributed by atoms with van der Waals surface area (Å²) in [4.78, 5) is 11.2. The van der Waals surface area contributed by atoms with E-state index in [0.29, 0.717) is 18.6 Å². The van der Waals surface area contributed by atoms with Crippen molar-refractivity contribution in [1.29, 1.82) is 0 Å². The molecule has 0 amide bonds. The van der Waals surface area contributed by atoms with Gasteiger partial charge in [-0.15, -0.1) is 0 Å². The maximum atomic E-state index is 11.2. The zero-order valence-electron chi connectivity index (χ0n) is 10.8. The standard InChI is InChI=1S/C14H20O4/c1-3-12(15)9-11(14(16)17)7-10-5-4-6-13(8-10)18-2/h4-6,8,11-12,15H,3,7,9H2,1-2H3,(H,16,17). The summed E-state index contributed by atoms with van der Waals surface area (Å²) >= 11 is 0. The fraction of sp³-hybridized carbons (Fsp3) is 0.500. The van der Waals surface area contributed by atoms with Crippen LogP contribution in [0.2, 0.25) is 0 Å². The number of aliphatic carboxylic acids is 1. The molecule has 4 heteroatoms. The molecule has 2 atom stereocenters. The van der Waals surface area contributed by atoms with Gasteiger partial charge in [0.05, 0.1) is 19.1 Å². The molecule has 0 spiro atoms. The Kier molecular flexibility index (Phi) is 5.65. The highest BCUT2D eigenvalue weighted by molar-refractivity contribution is 5.70. The number of carboxylic acid groups (broad SMARTS) is 1. The number of ether oxygens (including phenoxy) is 1. The van der Waals surface area contributed by atoms with Crippen LogP contribution in [0.3, 0.4) is 0 Å². The van der Waals surface area contributed by atoms with Crippen molar-refractivity contribution in [2.45, 2.75) is 32.3 Å². The van der Waals surface area contributed by atoms with Crippen LogP contribution in [0.15, 0.2) is 24.3 Å². The van der Waals surface area contributed by atoms with Gasteiger partial charge in [-0.1, -0.05) is 19.1 Å². The molecule has 0 saturated carbocycles. The van der Waals surface area contributed by atoms with Crippen molar-refractivity contribution in [3.63, 3.8) is 0 Å². The number of methoxy groups -OCH3 is 1. The van der Waals surface area contributed by atoms with Crippen molar-refractivity contribution in [3.8, 4) is 5.75 Å². The maximum absolute atomic E-state index is 11.2. The maximum Gasteiger partial charge on any atom is 0.306 e. The lowest BCUT2D eigenvalue weighted by molar-refractivity contribution is -0.142. The van der Waals surface area contributed by atoms with Crippen molar-refractivity contribution in [1.82, 2.24) is 0 Å². The van der Waals surface area contributed by atoms with Crippen LogP contribution in [0.25, 0.3) is 0 Å². The third kappa shape index (κ3) is 4.37. The average molecular weight is 252 g/mol. The van der Waals surface area contributed by atoms with E-state index >= 15 is 0 Å². The Morgan fingerprint density at radius 2 is 2.17 bits per heavy atom. The highest BCUT2D eigenvalue weighted by Gasteiger charge is 2.21. The monoisotopic (exact) mass is 252 g/mol. The number of carbonyl (C=O) groups is 1. The van der Waals surface area contributed by atoms with Crippen LogP contribution < -0.4 is 4.74 Å². The summed E-state index contributed by atoms with van der Waals surface area (Å²) < 4.78 is 5.10. The molecule has 1 aromatic carbocycles. The van der Waals surface area contributed by atoms with Gasteiger partial charge in [0.2, 0.25) is 0 Å². The lowest BCUT2D eigenvalue weighted by Crippen LogP contribution is -2.22. The zero-order chi connectivity index (χ0) is 13.5. The van der Waals surface area contributed by atoms with E-state index in [1.54, 1.807) is 7.11 Å². The van der Waals surface area contributed by atoms with Crippen LogP contribution in [-0.4, -0.2) is 29.4 Å². The Morgan fingerprint density at radius 3 is 2.72 bits per heavy atom. The van der Waals surface area contributed by atoms with Gasteiger partial charge in [-0.05, 0) is 37.0 Å². The molecule has 1 aromatic rings. The van der Waals surface area contributed by atoms with Gasteiger partial charge >= 0.3 is 5.97 Å². The van der Waals surface area contributed by atoms with Gasteiger partial charge in [-0.25, -0.2) is 0 Å². The smallest absolute Gasteiger partial charge is 0.306 e. The molecule has 0 aliphatic rings. The minimum atomic E-state index is -0.870. The first-order chi connectivity index (χ1) is 8.56. The van der Waals surface area contributed by atoms with Crippen molar-refractivity contribution < 1.29 is 19.7 Å². The molecule has 4 nitrogen and oxygen atoms in total. The van der Waals surface area contributed by atoms with Crippen LogP contribution in [0, 0.1) is 5.92 Å². The molecule has 0 saturated heterocycles. The van der Waals surface area contributed by atoms with Gasteiger partial charge in [0.25, 0.3) is 0 Å². The SMILES string of the molecule is CCC(O)CC(Cc1cccc(OC)c1)C(=O)O. The molecular weight excluding hydrogens is 232 g/mol. The molecule has 0 aromatic heterocycles. The Bertz CT molecular complexity index is 389. The van der Waals surface area contributed by atoms with Crippen LogP contribution >= 0.6 is 0 Å². The van der Waals surface area contributed by atoms with Gasteiger partial charge in [0.15, 0.2) is 0 Å². The van der Waals surface area contributed by atoms with E-state index < -0.39 is 18.0 Å². The minimum Gasteiger partial charge on any atom is -0.497 e. The van der Waals surface area contributed by atoms with Crippen molar-refractivity contribution in [2.75, 3.05) is 7.11 Å². The molecule has 0 bridgehead atoms. The van der Waals surface area contributed by atoms with Gasteiger partial charge in [-0.2, -0.15) is 0 Å². The first-order valence-corrected chi connectivity index (χ1v) is 6.10. The highest BCUT2D eigenvalue weighted by Crippen LogP contribution is 2.19. The second kappa shape index (κ2) is 7.01. The normalized spacial score (nSPS) is 13.9. The van der Waals surface area contributed by atoms with Crippen molar-refractivity contribution >= 4 is 5.97 Å². The molecule has 2 unspecified atom stereocenters. The van der Waals surface area contributed by atoms with Gasteiger partial charge in [0.1, 0.15) is 5.75 Å². The number of rotatable bonds is 7. The average Bonchev–Trinajstić information content (AvgIpc) is 2.37. The van der Waals surface area contributed by atoms with E-state index in [1.807, 2.05) is 31.2 Å².